The lowest BCUT2D eigenvalue weighted by atomic mass is 10.2. The highest BCUT2D eigenvalue weighted by atomic mass is 32.1. The van der Waals surface area contributed by atoms with Gasteiger partial charge in [0.15, 0.2) is 11.3 Å². The molecule has 2 aromatic rings. The SMILES string of the molecule is O=Cc1nnc(-c2ccc(OC(F)(F)F)cc2)s1. The highest BCUT2D eigenvalue weighted by molar-refractivity contribution is 7.16. The summed E-state index contributed by atoms with van der Waals surface area (Å²) in [5, 5.41) is 7.98. The first-order chi connectivity index (χ1) is 8.48. The number of nitrogens with zero attached hydrogens (tertiary/aromatic N) is 2. The summed E-state index contributed by atoms with van der Waals surface area (Å²) >= 11 is 1.05. The molecule has 94 valence electrons. The maximum absolute atomic E-state index is 11.9. The van der Waals surface area contributed by atoms with Crippen LogP contribution in [-0.4, -0.2) is 22.8 Å². The van der Waals surface area contributed by atoms with Gasteiger partial charge < -0.3 is 4.74 Å². The van der Waals surface area contributed by atoms with Crippen LogP contribution < -0.4 is 4.74 Å². The Morgan fingerprint density at radius 2 is 1.83 bits per heavy atom. The fourth-order valence-corrected chi connectivity index (χ4v) is 1.86. The summed E-state index contributed by atoms with van der Waals surface area (Å²) in [6.45, 7) is 0. The van der Waals surface area contributed by atoms with Crippen molar-refractivity contribution >= 4 is 17.6 Å². The first-order valence-electron chi connectivity index (χ1n) is 4.63. The molecule has 0 fully saturated rings. The van der Waals surface area contributed by atoms with Crippen LogP contribution in [0.2, 0.25) is 0 Å². The van der Waals surface area contributed by atoms with E-state index in [1.54, 1.807) is 0 Å². The van der Waals surface area contributed by atoms with Gasteiger partial charge in [-0.15, -0.1) is 23.4 Å². The van der Waals surface area contributed by atoms with Crippen LogP contribution in [0.1, 0.15) is 9.80 Å². The molecule has 0 N–H and O–H groups in total. The quantitative estimate of drug-likeness (QED) is 0.807. The van der Waals surface area contributed by atoms with Crippen LogP contribution in [0, 0.1) is 0 Å². The monoisotopic (exact) mass is 274 g/mol. The summed E-state index contributed by atoms with van der Waals surface area (Å²) in [5.74, 6) is -0.314. The van der Waals surface area contributed by atoms with Gasteiger partial charge in [-0.25, -0.2) is 0 Å². The van der Waals surface area contributed by atoms with Gasteiger partial charge in [0, 0.05) is 5.56 Å². The zero-order valence-corrected chi connectivity index (χ0v) is 9.46. The summed E-state index contributed by atoms with van der Waals surface area (Å²) in [4.78, 5) is 10.4. The van der Waals surface area contributed by atoms with Crippen LogP contribution in [-0.2, 0) is 0 Å². The van der Waals surface area contributed by atoms with E-state index in [1.807, 2.05) is 0 Å². The number of ether oxygens (including phenoxy) is 1. The Bertz CT molecular complexity index is 551. The van der Waals surface area contributed by atoms with Gasteiger partial charge in [0.1, 0.15) is 10.8 Å². The molecule has 4 nitrogen and oxygen atoms in total. The molecule has 0 spiro atoms. The normalized spacial score (nSPS) is 11.3. The second-order valence-electron chi connectivity index (χ2n) is 3.14. The number of aldehydes is 1. The van der Waals surface area contributed by atoms with Gasteiger partial charge >= 0.3 is 6.36 Å². The van der Waals surface area contributed by atoms with E-state index in [0.29, 0.717) is 16.9 Å². The smallest absolute Gasteiger partial charge is 0.406 e. The van der Waals surface area contributed by atoms with E-state index in [9.17, 15) is 18.0 Å². The second-order valence-corrected chi connectivity index (χ2v) is 4.14. The molecule has 2 rings (SSSR count). The van der Waals surface area contributed by atoms with Gasteiger partial charge in [-0.1, -0.05) is 11.3 Å². The molecule has 0 bridgehead atoms. The van der Waals surface area contributed by atoms with E-state index >= 15 is 0 Å². The predicted octanol–water partition coefficient (Wildman–Crippen LogP) is 2.92. The van der Waals surface area contributed by atoms with E-state index in [1.165, 1.54) is 24.3 Å². The summed E-state index contributed by atoms with van der Waals surface area (Å²) in [6.07, 6.45) is -4.16. The van der Waals surface area contributed by atoms with Crippen LogP contribution in [0.25, 0.3) is 10.6 Å². The lowest BCUT2D eigenvalue weighted by Crippen LogP contribution is -2.16. The van der Waals surface area contributed by atoms with E-state index in [-0.39, 0.29) is 10.8 Å². The number of carbonyl (C=O) groups excluding carboxylic acids is 1. The van der Waals surface area contributed by atoms with Gasteiger partial charge in [0.05, 0.1) is 0 Å². The summed E-state index contributed by atoms with van der Waals surface area (Å²) in [5.41, 5.74) is 0.565. The number of hydrogen-bond acceptors (Lipinski definition) is 5. The molecular weight excluding hydrogens is 269 g/mol. The van der Waals surface area contributed by atoms with Crippen LogP contribution in [0.3, 0.4) is 0 Å². The lowest BCUT2D eigenvalue weighted by molar-refractivity contribution is -0.274. The first-order valence-corrected chi connectivity index (χ1v) is 5.44. The number of alkyl halides is 3. The molecule has 0 saturated carbocycles. The fourth-order valence-electron chi connectivity index (χ4n) is 1.20. The fraction of sp³-hybridized carbons (Fsp3) is 0.100. The molecule has 0 unspecified atom stereocenters. The molecule has 0 aliphatic rings. The Morgan fingerprint density at radius 1 is 1.17 bits per heavy atom. The molecule has 0 atom stereocenters. The molecule has 18 heavy (non-hydrogen) atoms. The van der Waals surface area contributed by atoms with Crippen molar-refractivity contribution in [2.75, 3.05) is 0 Å². The van der Waals surface area contributed by atoms with E-state index in [0.717, 1.165) is 11.3 Å². The standard InChI is InChI=1S/C10H5F3N2O2S/c11-10(12,13)17-7-3-1-6(2-4-7)9-15-14-8(5-16)18-9/h1-5H. The molecule has 8 heteroatoms. The number of benzene rings is 1. The first kappa shape index (κ1) is 12.5. The van der Waals surface area contributed by atoms with Crippen molar-refractivity contribution in [1.29, 1.82) is 0 Å². The van der Waals surface area contributed by atoms with Crippen molar-refractivity contribution < 1.29 is 22.7 Å². The topological polar surface area (TPSA) is 52.1 Å². The van der Waals surface area contributed by atoms with Crippen LogP contribution in [0.5, 0.6) is 5.75 Å². The van der Waals surface area contributed by atoms with Gasteiger partial charge in [-0.3, -0.25) is 4.79 Å². The Kier molecular flexibility index (Phi) is 3.28. The number of rotatable bonds is 3. The van der Waals surface area contributed by atoms with Crippen LogP contribution in [0.4, 0.5) is 13.2 Å². The number of aromatic nitrogens is 2. The molecule has 0 radical (unpaired) electrons. The Balaban J connectivity index is 2.19. The van der Waals surface area contributed by atoms with Crippen molar-refractivity contribution in [3.05, 3.63) is 29.3 Å². The average molecular weight is 274 g/mol. The summed E-state index contributed by atoms with van der Waals surface area (Å²) in [7, 11) is 0. The summed E-state index contributed by atoms with van der Waals surface area (Å²) in [6, 6.07) is 5.17. The van der Waals surface area contributed by atoms with Crippen LogP contribution >= 0.6 is 11.3 Å². The highest BCUT2D eigenvalue weighted by Gasteiger charge is 2.30. The molecule has 0 aliphatic heterocycles. The van der Waals surface area contributed by atoms with E-state index in [4.69, 9.17) is 0 Å². The molecule has 0 amide bonds. The van der Waals surface area contributed by atoms with Gasteiger partial charge in [-0.05, 0) is 24.3 Å². The third-order valence-corrected chi connectivity index (χ3v) is 2.77. The zero-order valence-electron chi connectivity index (χ0n) is 8.64. The lowest BCUT2D eigenvalue weighted by Gasteiger charge is -2.08. The number of halogens is 3. The Morgan fingerprint density at radius 3 is 2.33 bits per heavy atom. The van der Waals surface area contributed by atoms with Crippen molar-refractivity contribution in [1.82, 2.24) is 10.2 Å². The Labute approximate surface area is 103 Å². The number of carbonyl (C=O) groups is 1. The van der Waals surface area contributed by atoms with Crippen molar-refractivity contribution in [3.8, 4) is 16.3 Å². The molecule has 1 aromatic carbocycles. The average Bonchev–Trinajstić information content (AvgIpc) is 2.76. The minimum Gasteiger partial charge on any atom is -0.406 e. The molecule has 0 aliphatic carbocycles. The molecule has 0 saturated heterocycles. The highest BCUT2D eigenvalue weighted by Crippen LogP contribution is 2.27. The van der Waals surface area contributed by atoms with Crippen LogP contribution in [0.15, 0.2) is 24.3 Å². The van der Waals surface area contributed by atoms with Gasteiger partial charge in [0.25, 0.3) is 0 Å². The maximum atomic E-state index is 11.9. The van der Waals surface area contributed by atoms with Crippen molar-refractivity contribution in [2.45, 2.75) is 6.36 Å². The molecular formula is C10H5F3N2O2S. The molecule has 1 heterocycles. The zero-order chi connectivity index (χ0) is 13.2. The van der Waals surface area contributed by atoms with E-state index < -0.39 is 6.36 Å². The second kappa shape index (κ2) is 4.73. The van der Waals surface area contributed by atoms with E-state index in [2.05, 4.69) is 14.9 Å². The third-order valence-electron chi connectivity index (χ3n) is 1.88. The van der Waals surface area contributed by atoms with Crippen molar-refractivity contribution in [2.24, 2.45) is 0 Å². The minimum absolute atomic E-state index is 0.209. The predicted molar refractivity (Wildman–Crippen MR) is 57.4 cm³/mol. The minimum atomic E-state index is -4.71. The number of hydrogen-bond donors (Lipinski definition) is 0. The Hall–Kier alpha value is -1.96. The third kappa shape index (κ3) is 3.04. The molecule has 1 aromatic heterocycles. The van der Waals surface area contributed by atoms with Gasteiger partial charge in [-0.2, -0.15) is 0 Å². The maximum Gasteiger partial charge on any atom is 0.573 e. The largest absolute Gasteiger partial charge is 0.573 e. The van der Waals surface area contributed by atoms with Crippen molar-refractivity contribution in [3.63, 3.8) is 0 Å². The summed E-state index contributed by atoms with van der Waals surface area (Å²) < 4.78 is 39.5. The van der Waals surface area contributed by atoms with Gasteiger partial charge in [0.2, 0.25) is 0 Å².